The third-order valence-electron chi connectivity index (χ3n) is 3.99. The molecule has 1 heterocycles. The average molecular weight is 276 g/mol. The molecule has 2 aliphatic rings. The number of hydrogen-bond acceptors (Lipinski definition) is 2. The molecule has 1 aromatic carbocycles. The molecule has 4 nitrogen and oxygen atoms in total. The predicted octanol–water partition coefficient (Wildman–Crippen LogP) is 2.02. The highest BCUT2D eigenvalue weighted by Crippen LogP contribution is 2.41. The van der Waals surface area contributed by atoms with Gasteiger partial charge in [-0.25, -0.2) is 4.39 Å². The fourth-order valence-electron chi connectivity index (χ4n) is 2.72. The van der Waals surface area contributed by atoms with E-state index in [1.807, 2.05) is 4.90 Å². The van der Waals surface area contributed by atoms with Crippen LogP contribution in [-0.4, -0.2) is 29.8 Å². The Kier molecular flexibility index (Phi) is 3.42. The Bertz CT molecular complexity index is 540. The molecule has 5 heteroatoms. The molecule has 0 spiro atoms. The van der Waals surface area contributed by atoms with Crippen molar-refractivity contribution < 1.29 is 14.0 Å². The standard InChI is InChI=1S/C15H17FN2O2/c16-12-5-1-2-6-13(12)17-14(19)10-9-11(10)15(20)18-7-3-4-8-18/h1-2,5-6,10-11H,3-4,7-9H2,(H,17,19). The van der Waals surface area contributed by atoms with Gasteiger partial charge in [0.25, 0.3) is 0 Å². The number of amides is 2. The van der Waals surface area contributed by atoms with E-state index in [0.717, 1.165) is 25.9 Å². The molecule has 1 aromatic rings. The lowest BCUT2D eigenvalue weighted by molar-refractivity contribution is -0.133. The molecule has 1 aliphatic heterocycles. The van der Waals surface area contributed by atoms with Crippen LogP contribution in [0.5, 0.6) is 0 Å². The van der Waals surface area contributed by atoms with Gasteiger partial charge in [-0.1, -0.05) is 12.1 Å². The van der Waals surface area contributed by atoms with E-state index in [4.69, 9.17) is 0 Å². The molecule has 2 fully saturated rings. The minimum Gasteiger partial charge on any atom is -0.342 e. The Labute approximate surface area is 117 Å². The summed E-state index contributed by atoms with van der Waals surface area (Å²) in [6.07, 6.45) is 2.67. The molecular weight excluding hydrogens is 259 g/mol. The molecule has 1 saturated carbocycles. The van der Waals surface area contributed by atoms with Crippen molar-refractivity contribution in [1.29, 1.82) is 0 Å². The van der Waals surface area contributed by atoms with Gasteiger partial charge in [-0.2, -0.15) is 0 Å². The Balaban J connectivity index is 1.57. The fraction of sp³-hybridized carbons (Fsp3) is 0.467. The summed E-state index contributed by atoms with van der Waals surface area (Å²) in [5, 5.41) is 2.56. The Morgan fingerprint density at radius 3 is 2.55 bits per heavy atom. The maximum atomic E-state index is 13.4. The van der Waals surface area contributed by atoms with Crippen LogP contribution in [0.15, 0.2) is 24.3 Å². The van der Waals surface area contributed by atoms with Crippen molar-refractivity contribution in [2.24, 2.45) is 11.8 Å². The van der Waals surface area contributed by atoms with Gasteiger partial charge in [-0.15, -0.1) is 0 Å². The number of rotatable bonds is 3. The van der Waals surface area contributed by atoms with Crippen LogP contribution in [0.3, 0.4) is 0 Å². The number of para-hydroxylation sites is 1. The van der Waals surface area contributed by atoms with Gasteiger partial charge in [0, 0.05) is 13.1 Å². The van der Waals surface area contributed by atoms with Crippen LogP contribution in [0, 0.1) is 17.7 Å². The lowest BCUT2D eigenvalue weighted by Crippen LogP contribution is -2.30. The number of benzene rings is 1. The highest BCUT2D eigenvalue weighted by molar-refractivity contribution is 5.99. The predicted molar refractivity (Wildman–Crippen MR) is 72.4 cm³/mol. The Morgan fingerprint density at radius 1 is 1.15 bits per heavy atom. The van der Waals surface area contributed by atoms with Crippen molar-refractivity contribution in [1.82, 2.24) is 4.90 Å². The van der Waals surface area contributed by atoms with Crippen LogP contribution in [-0.2, 0) is 9.59 Å². The summed E-state index contributed by atoms with van der Waals surface area (Å²) in [4.78, 5) is 26.0. The lowest BCUT2D eigenvalue weighted by atomic mass is 10.2. The molecular formula is C15H17FN2O2. The second-order valence-electron chi connectivity index (χ2n) is 5.45. The first-order valence-corrected chi connectivity index (χ1v) is 7.01. The van der Waals surface area contributed by atoms with E-state index in [2.05, 4.69) is 5.32 Å². The van der Waals surface area contributed by atoms with Crippen LogP contribution >= 0.6 is 0 Å². The summed E-state index contributed by atoms with van der Waals surface area (Å²) >= 11 is 0. The second kappa shape index (κ2) is 5.23. The SMILES string of the molecule is O=C(Nc1ccccc1F)C1CC1C(=O)N1CCCC1. The van der Waals surface area contributed by atoms with Crippen molar-refractivity contribution in [2.45, 2.75) is 19.3 Å². The molecule has 1 saturated heterocycles. The zero-order valence-electron chi connectivity index (χ0n) is 11.1. The van der Waals surface area contributed by atoms with Gasteiger partial charge < -0.3 is 10.2 Å². The minimum atomic E-state index is -0.455. The second-order valence-corrected chi connectivity index (χ2v) is 5.45. The first-order chi connectivity index (χ1) is 9.66. The first kappa shape index (κ1) is 13.1. The van der Waals surface area contributed by atoms with E-state index >= 15 is 0 Å². The number of halogens is 1. The molecule has 106 valence electrons. The summed E-state index contributed by atoms with van der Waals surface area (Å²) in [5.41, 5.74) is 0.178. The number of carbonyl (C=O) groups is 2. The summed E-state index contributed by atoms with van der Waals surface area (Å²) in [6.45, 7) is 1.61. The number of nitrogens with one attached hydrogen (secondary N) is 1. The zero-order valence-corrected chi connectivity index (χ0v) is 11.1. The highest BCUT2D eigenvalue weighted by atomic mass is 19.1. The van der Waals surface area contributed by atoms with E-state index < -0.39 is 5.82 Å². The quantitative estimate of drug-likeness (QED) is 0.918. The minimum absolute atomic E-state index is 0.0798. The number of hydrogen-bond donors (Lipinski definition) is 1. The summed E-state index contributed by atoms with van der Waals surface area (Å²) in [7, 11) is 0. The first-order valence-electron chi connectivity index (χ1n) is 7.01. The number of carbonyl (C=O) groups excluding carboxylic acids is 2. The van der Waals surface area contributed by atoms with E-state index in [9.17, 15) is 14.0 Å². The molecule has 2 amide bonds. The van der Waals surface area contributed by atoms with Gasteiger partial charge in [-0.3, -0.25) is 9.59 Å². The van der Waals surface area contributed by atoms with Gasteiger partial charge in [-0.05, 0) is 31.4 Å². The van der Waals surface area contributed by atoms with Gasteiger partial charge in [0.05, 0.1) is 17.5 Å². The van der Waals surface area contributed by atoms with Crippen molar-refractivity contribution in [3.8, 4) is 0 Å². The van der Waals surface area contributed by atoms with Crippen LogP contribution in [0.4, 0.5) is 10.1 Å². The molecule has 3 rings (SSSR count). The summed E-state index contributed by atoms with van der Waals surface area (Å²) < 4.78 is 13.4. The molecule has 20 heavy (non-hydrogen) atoms. The molecule has 0 aromatic heterocycles. The number of anilines is 1. The topological polar surface area (TPSA) is 49.4 Å². The third kappa shape index (κ3) is 2.53. The Morgan fingerprint density at radius 2 is 1.85 bits per heavy atom. The fourth-order valence-corrected chi connectivity index (χ4v) is 2.72. The van der Waals surface area contributed by atoms with Crippen molar-refractivity contribution in [2.75, 3.05) is 18.4 Å². The molecule has 2 unspecified atom stereocenters. The van der Waals surface area contributed by atoms with Crippen LogP contribution in [0.25, 0.3) is 0 Å². The van der Waals surface area contributed by atoms with Gasteiger partial charge in [0.1, 0.15) is 5.82 Å². The van der Waals surface area contributed by atoms with E-state index in [-0.39, 0.29) is 29.3 Å². The number of nitrogens with zero attached hydrogens (tertiary/aromatic N) is 1. The molecule has 2 atom stereocenters. The molecule has 1 N–H and O–H groups in total. The van der Waals surface area contributed by atoms with Crippen molar-refractivity contribution >= 4 is 17.5 Å². The largest absolute Gasteiger partial charge is 0.342 e. The van der Waals surface area contributed by atoms with Gasteiger partial charge >= 0.3 is 0 Å². The molecule has 1 aliphatic carbocycles. The van der Waals surface area contributed by atoms with E-state index in [0.29, 0.717) is 6.42 Å². The van der Waals surface area contributed by atoms with Crippen molar-refractivity contribution in [3.05, 3.63) is 30.1 Å². The van der Waals surface area contributed by atoms with Gasteiger partial charge in [0.15, 0.2) is 0 Å². The Hall–Kier alpha value is -1.91. The van der Waals surface area contributed by atoms with Crippen LogP contribution in [0.1, 0.15) is 19.3 Å². The maximum Gasteiger partial charge on any atom is 0.228 e. The third-order valence-corrected chi connectivity index (χ3v) is 3.99. The molecule has 0 radical (unpaired) electrons. The monoisotopic (exact) mass is 276 g/mol. The van der Waals surface area contributed by atoms with Crippen molar-refractivity contribution in [3.63, 3.8) is 0 Å². The average Bonchev–Trinajstić information content (AvgIpc) is 3.06. The molecule has 0 bridgehead atoms. The summed E-state index contributed by atoms with van der Waals surface area (Å²) in [5.74, 6) is -1.14. The lowest BCUT2D eigenvalue weighted by Gasteiger charge is -2.14. The van der Waals surface area contributed by atoms with Crippen LogP contribution in [0.2, 0.25) is 0 Å². The maximum absolute atomic E-state index is 13.4. The van der Waals surface area contributed by atoms with E-state index in [1.165, 1.54) is 12.1 Å². The van der Waals surface area contributed by atoms with Gasteiger partial charge in [0.2, 0.25) is 11.8 Å². The highest BCUT2D eigenvalue weighted by Gasteiger charge is 2.49. The number of likely N-dealkylation sites (tertiary alicyclic amines) is 1. The smallest absolute Gasteiger partial charge is 0.228 e. The normalized spacial score (nSPS) is 24.6. The van der Waals surface area contributed by atoms with Crippen LogP contribution < -0.4 is 5.32 Å². The van der Waals surface area contributed by atoms with E-state index in [1.54, 1.807) is 12.1 Å². The zero-order chi connectivity index (χ0) is 14.1. The summed E-state index contributed by atoms with van der Waals surface area (Å²) in [6, 6.07) is 6.06.